The first kappa shape index (κ1) is 16.8. The topological polar surface area (TPSA) is 49.4 Å². The molecule has 2 saturated carbocycles. The molecule has 2 amide bonds. The van der Waals surface area contributed by atoms with Crippen molar-refractivity contribution in [1.29, 1.82) is 0 Å². The van der Waals surface area contributed by atoms with Gasteiger partial charge in [-0.2, -0.15) is 0 Å². The zero-order valence-corrected chi connectivity index (χ0v) is 15.0. The highest BCUT2D eigenvalue weighted by Crippen LogP contribution is 2.52. The molecule has 23 heavy (non-hydrogen) atoms. The quantitative estimate of drug-likeness (QED) is 0.595. The second-order valence-corrected chi connectivity index (χ2v) is 9.31. The largest absolute Gasteiger partial charge is 0.345 e. The number of hydrogen-bond acceptors (Lipinski definition) is 2. The van der Waals surface area contributed by atoms with Gasteiger partial charge in [-0.25, -0.2) is 0 Å². The lowest BCUT2D eigenvalue weighted by Gasteiger charge is -2.39. The van der Waals surface area contributed by atoms with Crippen LogP contribution in [0.25, 0.3) is 0 Å². The number of nitrogens with one attached hydrogen (secondary N) is 1. The summed E-state index contributed by atoms with van der Waals surface area (Å²) < 4.78 is 0. The van der Waals surface area contributed by atoms with Gasteiger partial charge < -0.3 is 10.2 Å². The van der Waals surface area contributed by atoms with E-state index < -0.39 is 0 Å². The van der Waals surface area contributed by atoms with Crippen molar-refractivity contribution in [2.24, 2.45) is 10.8 Å². The summed E-state index contributed by atoms with van der Waals surface area (Å²) in [6, 6.07) is 0.444. The fourth-order valence-electron chi connectivity index (χ4n) is 5.50. The van der Waals surface area contributed by atoms with E-state index in [0.717, 1.165) is 51.5 Å². The van der Waals surface area contributed by atoms with Crippen LogP contribution in [0, 0.1) is 10.8 Å². The van der Waals surface area contributed by atoms with E-state index in [1.165, 1.54) is 12.8 Å². The molecule has 0 radical (unpaired) electrons. The first-order valence-electron chi connectivity index (χ1n) is 9.40. The lowest BCUT2D eigenvalue weighted by Crippen LogP contribution is -2.48. The molecule has 2 atom stereocenters. The van der Waals surface area contributed by atoms with E-state index in [2.05, 4.69) is 26.1 Å². The summed E-state index contributed by atoms with van der Waals surface area (Å²) in [4.78, 5) is 27.1. The predicted molar refractivity (Wildman–Crippen MR) is 90.9 cm³/mol. The van der Waals surface area contributed by atoms with Gasteiger partial charge in [-0.1, -0.05) is 46.5 Å². The summed E-state index contributed by atoms with van der Waals surface area (Å²) in [6.45, 7) is 7.60. The van der Waals surface area contributed by atoms with E-state index in [1.54, 1.807) is 0 Å². The van der Waals surface area contributed by atoms with Crippen molar-refractivity contribution in [1.82, 2.24) is 10.2 Å². The van der Waals surface area contributed by atoms with Gasteiger partial charge in [0.15, 0.2) is 0 Å². The molecule has 4 nitrogen and oxygen atoms in total. The Kier molecular flexibility index (Phi) is 4.45. The van der Waals surface area contributed by atoms with Crippen molar-refractivity contribution >= 4 is 11.8 Å². The van der Waals surface area contributed by atoms with Gasteiger partial charge in [0, 0.05) is 18.6 Å². The van der Waals surface area contributed by atoms with E-state index in [4.69, 9.17) is 0 Å². The second-order valence-electron chi connectivity index (χ2n) is 9.31. The SMILES string of the molecule is CC1(C)CC2CC(C)(CN2C(=O)C(=O)NC2CCCCCC2)C1. The van der Waals surface area contributed by atoms with Crippen molar-refractivity contribution in [3.05, 3.63) is 0 Å². The highest BCUT2D eigenvalue weighted by Gasteiger charge is 2.51. The van der Waals surface area contributed by atoms with E-state index in [9.17, 15) is 9.59 Å². The first-order chi connectivity index (χ1) is 10.8. The molecule has 1 aliphatic heterocycles. The summed E-state index contributed by atoms with van der Waals surface area (Å²) in [6.07, 6.45) is 10.1. The average molecular weight is 320 g/mol. The molecule has 0 aromatic heterocycles. The molecule has 2 bridgehead atoms. The molecule has 0 aromatic rings. The lowest BCUT2D eigenvalue weighted by molar-refractivity contribution is -0.147. The third kappa shape index (κ3) is 3.72. The molecule has 1 heterocycles. The molecular weight excluding hydrogens is 288 g/mol. The van der Waals surface area contributed by atoms with E-state index in [1.807, 2.05) is 4.90 Å². The molecule has 0 aromatic carbocycles. The van der Waals surface area contributed by atoms with Crippen LogP contribution in [0.4, 0.5) is 0 Å². The zero-order chi connectivity index (χ0) is 16.7. The van der Waals surface area contributed by atoms with Gasteiger partial charge in [-0.05, 0) is 42.9 Å². The third-order valence-corrected chi connectivity index (χ3v) is 6.06. The Bertz CT molecular complexity index is 480. The first-order valence-corrected chi connectivity index (χ1v) is 9.40. The molecule has 130 valence electrons. The molecule has 0 spiro atoms. The van der Waals surface area contributed by atoms with Crippen LogP contribution in [0.1, 0.15) is 78.6 Å². The van der Waals surface area contributed by atoms with Crippen molar-refractivity contribution in [2.45, 2.75) is 90.6 Å². The smallest absolute Gasteiger partial charge is 0.312 e. The minimum absolute atomic E-state index is 0.185. The second kappa shape index (κ2) is 6.10. The highest BCUT2D eigenvalue weighted by atomic mass is 16.2. The Hall–Kier alpha value is -1.06. The summed E-state index contributed by atoms with van der Waals surface area (Å²) in [7, 11) is 0. The van der Waals surface area contributed by atoms with Gasteiger partial charge in [-0.3, -0.25) is 9.59 Å². The van der Waals surface area contributed by atoms with Crippen LogP contribution >= 0.6 is 0 Å². The fourth-order valence-corrected chi connectivity index (χ4v) is 5.50. The molecule has 4 heteroatoms. The van der Waals surface area contributed by atoms with Crippen LogP contribution in [-0.4, -0.2) is 35.3 Å². The molecule has 3 rings (SSSR count). The average Bonchev–Trinajstić information content (AvgIpc) is 2.62. The van der Waals surface area contributed by atoms with Crippen molar-refractivity contribution in [2.75, 3.05) is 6.54 Å². The highest BCUT2D eigenvalue weighted by molar-refractivity contribution is 6.35. The number of carbonyl (C=O) groups excluding carboxylic acids is 2. The third-order valence-electron chi connectivity index (χ3n) is 6.06. The summed E-state index contributed by atoms with van der Waals surface area (Å²) in [5.74, 6) is -0.661. The van der Waals surface area contributed by atoms with Crippen LogP contribution in [0.2, 0.25) is 0 Å². The summed E-state index contributed by atoms with van der Waals surface area (Å²) in [5, 5.41) is 3.02. The summed E-state index contributed by atoms with van der Waals surface area (Å²) in [5.41, 5.74) is 0.454. The standard InChI is InChI=1S/C19H32N2O2/c1-18(2)10-15-11-19(3,12-18)13-21(15)17(23)16(22)20-14-8-6-4-5-7-9-14/h14-15H,4-13H2,1-3H3,(H,20,22). The number of fused-ring (bicyclic) bond motifs is 2. The monoisotopic (exact) mass is 320 g/mol. The van der Waals surface area contributed by atoms with Gasteiger partial charge >= 0.3 is 11.8 Å². The van der Waals surface area contributed by atoms with E-state index in [-0.39, 0.29) is 34.7 Å². The summed E-state index contributed by atoms with van der Waals surface area (Å²) >= 11 is 0. The molecule has 1 N–H and O–H groups in total. The lowest BCUT2D eigenvalue weighted by atomic mass is 9.65. The Labute approximate surface area is 140 Å². The Balaban J connectivity index is 1.62. The van der Waals surface area contributed by atoms with Gasteiger partial charge in [-0.15, -0.1) is 0 Å². The van der Waals surface area contributed by atoms with Crippen molar-refractivity contribution in [3.8, 4) is 0 Å². The predicted octanol–water partition coefficient (Wildman–Crippen LogP) is 3.25. The fraction of sp³-hybridized carbons (Fsp3) is 0.895. The van der Waals surface area contributed by atoms with Crippen molar-refractivity contribution in [3.63, 3.8) is 0 Å². The van der Waals surface area contributed by atoms with Gasteiger partial charge in [0.2, 0.25) is 0 Å². The maximum absolute atomic E-state index is 12.7. The maximum atomic E-state index is 12.7. The van der Waals surface area contributed by atoms with Crippen LogP contribution in [0.5, 0.6) is 0 Å². The van der Waals surface area contributed by atoms with Crippen LogP contribution in [0.15, 0.2) is 0 Å². The van der Waals surface area contributed by atoms with Crippen LogP contribution in [0.3, 0.4) is 0 Å². The van der Waals surface area contributed by atoms with E-state index in [0.29, 0.717) is 0 Å². The molecule has 3 fully saturated rings. The number of amides is 2. The molecule has 1 saturated heterocycles. The molecular formula is C19H32N2O2. The number of nitrogens with zero attached hydrogens (tertiary/aromatic N) is 1. The maximum Gasteiger partial charge on any atom is 0.312 e. The molecule has 3 aliphatic rings. The van der Waals surface area contributed by atoms with Crippen molar-refractivity contribution < 1.29 is 9.59 Å². The Morgan fingerprint density at radius 2 is 1.65 bits per heavy atom. The Morgan fingerprint density at radius 3 is 2.30 bits per heavy atom. The Morgan fingerprint density at radius 1 is 1.00 bits per heavy atom. The number of likely N-dealkylation sites (tertiary alicyclic amines) is 1. The zero-order valence-electron chi connectivity index (χ0n) is 15.0. The van der Waals surface area contributed by atoms with Gasteiger partial charge in [0.1, 0.15) is 0 Å². The number of carbonyl (C=O) groups is 2. The molecule has 2 unspecified atom stereocenters. The van der Waals surface area contributed by atoms with Gasteiger partial charge in [0.25, 0.3) is 0 Å². The van der Waals surface area contributed by atoms with E-state index >= 15 is 0 Å². The number of rotatable bonds is 1. The minimum atomic E-state index is -0.370. The van der Waals surface area contributed by atoms with Gasteiger partial charge in [0.05, 0.1) is 0 Å². The normalized spacial score (nSPS) is 34.0. The number of hydrogen-bond donors (Lipinski definition) is 1. The molecule has 2 aliphatic carbocycles. The minimum Gasteiger partial charge on any atom is -0.345 e. The van der Waals surface area contributed by atoms with Crippen LogP contribution in [-0.2, 0) is 9.59 Å². The van der Waals surface area contributed by atoms with Crippen LogP contribution < -0.4 is 5.32 Å².